The van der Waals surface area contributed by atoms with Gasteiger partial charge in [0, 0.05) is 39.2 Å². The molecule has 0 radical (unpaired) electrons. The molecule has 7 nitrogen and oxygen atoms in total. The molecule has 0 aromatic rings. The zero-order valence-corrected chi connectivity index (χ0v) is 14.4. The lowest BCUT2D eigenvalue weighted by Gasteiger charge is -2.51. The zero-order chi connectivity index (χ0) is 18.3. The topological polar surface area (TPSA) is 76.1 Å². The summed E-state index contributed by atoms with van der Waals surface area (Å²) in [5.74, 6) is -0.0899. The molecule has 3 fully saturated rings. The molecule has 0 N–H and O–H groups in total. The molecule has 0 aliphatic carbocycles. The Bertz CT molecular complexity index is 612. The molecule has 3 rings (SSSR count). The van der Waals surface area contributed by atoms with Crippen LogP contribution in [-0.4, -0.2) is 80.1 Å². The van der Waals surface area contributed by atoms with Crippen LogP contribution in [0.1, 0.15) is 25.7 Å². The third kappa shape index (κ3) is 3.79. The van der Waals surface area contributed by atoms with Gasteiger partial charge in [-0.1, -0.05) is 0 Å². The monoisotopic (exact) mass is 386 g/mol. The van der Waals surface area contributed by atoms with Crippen LogP contribution >= 0.6 is 0 Å². The van der Waals surface area contributed by atoms with Crippen LogP contribution in [0.15, 0.2) is 0 Å². The number of carbonyl (C=O) groups is 1. The number of likely N-dealkylation sites (tertiary alicyclic amines) is 1. The lowest BCUT2D eigenvalue weighted by atomic mass is 9.86. The van der Waals surface area contributed by atoms with Crippen LogP contribution < -0.4 is 0 Å². The Morgan fingerprint density at radius 1 is 1.24 bits per heavy atom. The number of hydrogen-bond acceptors (Lipinski definition) is 5. The summed E-state index contributed by atoms with van der Waals surface area (Å²) in [6.07, 6.45) is 2.45. The van der Waals surface area contributed by atoms with Crippen LogP contribution in [0.4, 0.5) is 13.2 Å². The molecule has 3 aliphatic rings. The molecule has 0 aromatic carbocycles. The number of rotatable bonds is 4. The molecule has 0 bridgehead atoms. The van der Waals surface area contributed by atoms with Crippen molar-refractivity contribution in [2.75, 3.05) is 39.4 Å². The molecule has 1 amide bonds. The van der Waals surface area contributed by atoms with Crippen molar-refractivity contribution in [2.24, 2.45) is 0 Å². The first-order chi connectivity index (χ1) is 11.6. The van der Waals surface area contributed by atoms with E-state index in [4.69, 9.17) is 9.47 Å². The molecule has 0 saturated carbocycles. The van der Waals surface area contributed by atoms with Crippen molar-refractivity contribution in [3.8, 4) is 0 Å². The van der Waals surface area contributed by atoms with Gasteiger partial charge >= 0.3 is 15.5 Å². The molecular weight excluding hydrogens is 365 g/mol. The molecule has 1 atom stereocenters. The Hall–Kier alpha value is -0.910. The average Bonchev–Trinajstić information content (AvgIpc) is 3.03. The summed E-state index contributed by atoms with van der Waals surface area (Å²) in [6.45, 7) is 0.978. The van der Waals surface area contributed by atoms with Gasteiger partial charge in [0.15, 0.2) is 0 Å². The summed E-state index contributed by atoms with van der Waals surface area (Å²) in [6, 6.07) is 0. The largest absolute Gasteiger partial charge is 0.511 e. The first-order valence-electron chi connectivity index (χ1n) is 8.23. The van der Waals surface area contributed by atoms with Crippen LogP contribution in [-0.2, 0) is 24.3 Å². The highest BCUT2D eigenvalue weighted by molar-refractivity contribution is 7.90. The maximum absolute atomic E-state index is 12.6. The summed E-state index contributed by atoms with van der Waals surface area (Å²) in [5, 5.41) is 0. The maximum atomic E-state index is 12.6. The van der Waals surface area contributed by atoms with Crippen LogP contribution in [0, 0.1) is 0 Å². The van der Waals surface area contributed by atoms with Crippen LogP contribution in [0.2, 0.25) is 0 Å². The molecule has 1 spiro atoms. The second kappa shape index (κ2) is 6.67. The number of halogens is 3. The number of nitrogens with zero attached hydrogens (tertiary/aromatic N) is 2. The van der Waals surface area contributed by atoms with Crippen LogP contribution in [0.5, 0.6) is 0 Å². The standard InChI is InChI=1S/C14H21F3N2O5S/c15-14(16,17)25(21,22)19-9-13(10-19)7-11(3-6-24-13)23-8-12(20)18-4-1-2-5-18/h11H,1-10H2/t11-/m0/s1. The highest BCUT2D eigenvalue weighted by atomic mass is 32.2. The third-order valence-corrected chi connectivity index (χ3v) is 6.43. The van der Waals surface area contributed by atoms with E-state index < -0.39 is 21.1 Å². The van der Waals surface area contributed by atoms with E-state index in [0.29, 0.717) is 10.7 Å². The van der Waals surface area contributed by atoms with E-state index in [1.807, 2.05) is 0 Å². The molecule has 0 unspecified atom stereocenters. The Balaban J connectivity index is 1.50. The van der Waals surface area contributed by atoms with Gasteiger partial charge in [0.2, 0.25) is 5.91 Å². The zero-order valence-electron chi connectivity index (χ0n) is 13.6. The van der Waals surface area contributed by atoms with Gasteiger partial charge in [-0.2, -0.15) is 17.5 Å². The summed E-state index contributed by atoms with van der Waals surface area (Å²) >= 11 is 0. The van der Waals surface area contributed by atoms with Crippen molar-refractivity contribution < 1.29 is 35.9 Å². The summed E-state index contributed by atoms with van der Waals surface area (Å²) < 4.78 is 71.9. The Labute approximate surface area is 144 Å². The number of alkyl halides is 3. The van der Waals surface area contributed by atoms with Gasteiger partial charge in [-0.05, 0) is 19.3 Å². The van der Waals surface area contributed by atoms with E-state index in [-0.39, 0.29) is 44.7 Å². The predicted octanol–water partition coefficient (Wildman–Crippen LogP) is 0.708. The van der Waals surface area contributed by atoms with Crippen molar-refractivity contribution in [2.45, 2.75) is 42.9 Å². The van der Waals surface area contributed by atoms with Gasteiger partial charge in [0.25, 0.3) is 0 Å². The fourth-order valence-electron chi connectivity index (χ4n) is 3.51. The summed E-state index contributed by atoms with van der Waals surface area (Å²) in [7, 11) is -5.32. The van der Waals surface area contributed by atoms with Crippen molar-refractivity contribution in [1.29, 1.82) is 0 Å². The Morgan fingerprint density at radius 2 is 1.88 bits per heavy atom. The normalized spacial score (nSPS) is 27.5. The van der Waals surface area contributed by atoms with E-state index in [9.17, 15) is 26.4 Å². The van der Waals surface area contributed by atoms with E-state index in [2.05, 4.69) is 0 Å². The highest BCUT2D eigenvalue weighted by Crippen LogP contribution is 2.40. The van der Waals surface area contributed by atoms with E-state index in [0.717, 1.165) is 25.9 Å². The lowest BCUT2D eigenvalue weighted by molar-refractivity contribution is -0.183. The van der Waals surface area contributed by atoms with Crippen LogP contribution in [0.25, 0.3) is 0 Å². The second-order valence-corrected chi connectivity index (χ2v) is 8.69. The second-order valence-electron chi connectivity index (χ2n) is 6.76. The lowest BCUT2D eigenvalue weighted by Crippen LogP contribution is -2.68. The molecule has 0 aromatic heterocycles. The smallest absolute Gasteiger partial charge is 0.372 e. The fraction of sp³-hybridized carbons (Fsp3) is 0.929. The molecule has 11 heteroatoms. The fourth-order valence-corrected chi connectivity index (χ4v) is 4.61. The average molecular weight is 386 g/mol. The van der Waals surface area contributed by atoms with Crippen molar-refractivity contribution >= 4 is 15.9 Å². The third-order valence-electron chi connectivity index (χ3n) is 4.91. The Morgan fingerprint density at radius 3 is 2.48 bits per heavy atom. The van der Waals surface area contributed by atoms with Gasteiger partial charge in [0.05, 0.1) is 11.7 Å². The molecule has 3 heterocycles. The number of carbonyl (C=O) groups excluding carboxylic acids is 1. The molecular formula is C14H21F3N2O5S. The van der Waals surface area contributed by atoms with Crippen LogP contribution in [0.3, 0.4) is 0 Å². The quantitative estimate of drug-likeness (QED) is 0.711. The molecule has 3 aliphatic heterocycles. The maximum Gasteiger partial charge on any atom is 0.511 e. The Kier molecular flexibility index (Phi) is 5.04. The molecule has 25 heavy (non-hydrogen) atoms. The number of amides is 1. The first-order valence-corrected chi connectivity index (χ1v) is 9.67. The van der Waals surface area contributed by atoms with Gasteiger partial charge in [-0.25, -0.2) is 8.42 Å². The summed E-state index contributed by atoms with van der Waals surface area (Å²) in [4.78, 5) is 13.7. The minimum atomic E-state index is -5.32. The molecule has 3 saturated heterocycles. The highest BCUT2D eigenvalue weighted by Gasteiger charge is 2.59. The van der Waals surface area contributed by atoms with E-state index in [1.54, 1.807) is 4.90 Å². The van der Waals surface area contributed by atoms with E-state index >= 15 is 0 Å². The number of hydrogen-bond donors (Lipinski definition) is 0. The minimum Gasteiger partial charge on any atom is -0.372 e. The van der Waals surface area contributed by atoms with Crippen molar-refractivity contribution in [1.82, 2.24) is 9.21 Å². The number of ether oxygens (including phenoxy) is 2. The van der Waals surface area contributed by atoms with Crippen molar-refractivity contribution in [3.63, 3.8) is 0 Å². The molecule has 144 valence electrons. The van der Waals surface area contributed by atoms with Gasteiger partial charge in [-0.15, -0.1) is 0 Å². The number of sulfonamides is 1. The van der Waals surface area contributed by atoms with Gasteiger partial charge < -0.3 is 14.4 Å². The minimum absolute atomic E-state index is 0.0642. The predicted molar refractivity (Wildman–Crippen MR) is 80.0 cm³/mol. The summed E-state index contributed by atoms with van der Waals surface area (Å²) in [5.41, 5.74) is -6.25. The van der Waals surface area contributed by atoms with Crippen molar-refractivity contribution in [3.05, 3.63) is 0 Å². The SMILES string of the molecule is O=C(CO[C@H]1CCOC2(C1)CN(S(=O)(=O)C(F)(F)F)C2)N1CCCC1. The van der Waals surface area contributed by atoms with E-state index in [1.165, 1.54) is 0 Å². The first kappa shape index (κ1) is 18.9. The van der Waals surface area contributed by atoms with Gasteiger partial charge in [0.1, 0.15) is 6.61 Å². The van der Waals surface area contributed by atoms with Gasteiger partial charge in [-0.3, -0.25) is 4.79 Å².